The van der Waals surface area contributed by atoms with Crippen molar-refractivity contribution in [2.24, 2.45) is 0 Å². The largest absolute Gasteiger partial charge is 0.481 e. The van der Waals surface area contributed by atoms with E-state index in [4.69, 9.17) is 27.9 Å². The molecule has 0 atom stereocenters. The molecule has 0 aromatic carbocycles. The van der Waals surface area contributed by atoms with Crippen molar-refractivity contribution in [1.82, 2.24) is 9.97 Å². The Balaban J connectivity index is 2.06. The number of anilines is 1. The van der Waals surface area contributed by atoms with E-state index >= 15 is 0 Å². The van der Waals surface area contributed by atoms with Gasteiger partial charge in [-0.3, -0.25) is 0 Å². The second-order valence-corrected chi connectivity index (χ2v) is 4.39. The first kappa shape index (κ1) is 12.9. The van der Waals surface area contributed by atoms with Crippen molar-refractivity contribution in [2.75, 3.05) is 12.4 Å². The smallest absolute Gasteiger partial charge is 0.213 e. The van der Waals surface area contributed by atoms with Crippen LogP contribution in [0.2, 0.25) is 10.0 Å². The number of hydrogen-bond donors (Lipinski definition) is 1. The molecular formula is C12H11Cl2N3O. The monoisotopic (exact) mass is 283 g/mol. The molecule has 18 heavy (non-hydrogen) atoms. The third-order valence-electron chi connectivity index (χ3n) is 2.28. The molecule has 94 valence electrons. The summed E-state index contributed by atoms with van der Waals surface area (Å²) in [4.78, 5) is 8.15. The Morgan fingerprint density at radius 3 is 2.83 bits per heavy atom. The zero-order chi connectivity index (χ0) is 13.0. The van der Waals surface area contributed by atoms with Gasteiger partial charge in [0.15, 0.2) is 0 Å². The fourth-order valence-corrected chi connectivity index (χ4v) is 1.85. The molecule has 2 aromatic rings. The van der Waals surface area contributed by atoms with Crippen molar-refractivity contribution in [3.8, 4) is 5.88 Å². The van der Waals surface area contributed by atoms with E-state index in [1.165, 1.54) is 0 Å². The van der Waals surface area contributed by atoms with Gasteiger partial charge >= 0.3 is 0 Å². The van der Waals surface area contributed by atoms with Crippen molar-refractivity contribution in [3.63, 3.8) is 0 Å². The molecule has 2 aromatic heterocycles. The Kier molecular flexibility index (Phi) is 4.23. The van der Waals surface area contributed by atoms with Gasteiger partial charge in [0.25, 0.3) is 0 Å². The molecule has 0 spiro atoms. The topological polar surface area (TPSA) is 47.0 Å². The van der Waals surface area contributed by atoms with Crippen LogP contribution in [0.4, 0.5) is 5.82 Å². The fraction of sp³-hybridized carbons (Fsp3) is 0.167. The summed E-state index contributed by atoms with van der Waals surface area (Å²) >= 11 is 11.8. The van der Waals surface area contributed by atoms with Crippen LogP contribution in [-0.2, 0) is 6.54 Å². The average Bonchev–Trinajstić information content (AvgIpc) is 2.38. The number of nitrogens with one attached hydrogen (secondary N) is 1. The molecule has 4 nitrogen and oxygen atoms in total. The van der Waals surface area contributed by atoms with Crippen molar-refractivity contribution in [2.45, 2.75) is 6.54 Å². The van der Waals surface area contributed by atoms with Gasteiger partial charge < -0.3 is 10.1 Å². The lowest BCUT2D eigenvalue weighted by Gasteiger charge is -2.08. The molecule has 0 fully saturated rings. The lowest BCUT2D eigenvalue weighted by atomic mass is 10.2. The number of halogens is 2. The van der Waals surface area contributed by atoms with E-state index < -0.39 is 0 Å². The zero-order valence-corrected chi connectivity index (χ0v) is 11.2. The van der Waals surface area contributed by atoms with Crippen molar-refractivity contribution >= 4 is 29.0 Å². The molecule has 0 unspecified atom stereocenters. The van der Waals surface area contributed by atoms with E-state index in [2.05, 4.69) is 15.3 Å². The normalized spacial score (nSPS) is 10.2. The first-order valence-electron chi connectivity index (χ1n) is 5.23. The third kappa shape index (κ3) is 3.24. The summed E-state index contributed by atoms with van der Waals surface area (Å²) in [6.45, 7) is 0.577. The third-order valence-corrected chi connectivity index (χ3v) is 2.77. The summed E-state index contributed by atoms with van der Waals surface area (Å²) in [6, 6.07) is 5.38. The first-order valence-corrected chi connectivity index (χ1v) is 5.98. The molecule has 0 radical (unpaired) electrons. The summed E-state index contributed by atoms with van der Waals surface area (Å²) < 4.78 is 5.05. The molecule has 0 aliphatic heterocycles. The van der Waals surface area contributed by atoms with Crippen molar-refractivity contribution < 1.29 is 4.74 Å². The minimum atomic E-state index is 0.489. The lowest BCUT2D eigenvalue weighted by Crippen LogP contribution is -2.02. The minimum Gasteiger partial charge on any atom is -0.481 e. The van der Waals surface area contributed by atoms with Crippen LogP contribution >= 0.6 is 23.2 Å². The van der Waals surface area contributed by atoms with Gasteiger partial charge in [-0.1, -0.05) is 23.2 Å². The zero-order valence-electron chi connectivity index (χ0n) is 9.65. The van der Waals surface area contributed by atoms with Gasteiger partial charge in [0, 0.05) is 25.0 Å². The van der Waals surface area contributed by atoms with E-state index in [-0.39, 0.29) is 0 Å². The van der Waals surface area contributed by atoms with Gasteiger partial charge in [-0.05, 0) is 17.7 Å². The summed E-state index contributed by atoms with van der Waals surface area (Å²) in [5.74, 6) is 1.17. The molecule has 0 saturated carbocycles. The highest BCUT2D eigenvalue weighted by Crippen LogP contribution is 2.23. The highest BCUT2D eigenvalue weighted by atomic mass is 35.5. The average molecular weight is 284 g/mol. The molecule has 1 N–H and O–H groups in total. The van der Waals surface area contributed by atoms with Crippen LogP contribution in [0.5, 0.6) is 5.88 Å². The standard InChI is InChI=1S/C12H11Cl2N3O/c1-18-11-4-8(2-3-15-11)6-16-12-10(14)5-9(13)7-17-12/h2-5,7H,6H2,1H3,(H,16,17). The lowest BCUT2D eigenvalue weighted by molar-refractivity contribution is 0.397. The molecule has 0 aliphatic carbocycles. The number of methoxy groups -OCH3 is 1. The van der Waals surface area contributed by atoms with E-state index in [0.29, 0.717) is 28.3 Å². The molecular weight excluding hydrogens is 273 g/mol. The predicted octanol–water partition coefficient (Wildman–Crippen LogP) is 3.40. The van der Waals surface area contributed by atoms with Crippen LogP contribution in [0.25, 0.3) is 0 Å². The molecule has 2 rings (SSSR count). The molecule has 0 bridgehead atoms. The number of aromatic nitrogens is 2. The minimum absolute atomic E-state index is 0.489. The second-order valence-electron chi connectivity index (χ2n) is 3.54. The van der Waals surface area contributed by atoms with Crippen molar-refractivity contribution in [1.29, 1.82) is 0 Å². The maximum atomic E-state index is 6.01. The van der Waals surface area contributed by atoms with Crippen LogP contribution in [0.1, 0.15) is 5.56 Å². The van der Waals surface area contributed by atoms with Gasteiger partial charge in [-0.2, -0.15) is 0 Å². The van der Waals surface area contributed by atoms with Crippen LogP contribution in [-0.4, -0.2) is 17.1 Å². The molecule has 0 aliphatic rings. The van der Waals surface area contributed by atoms with Crippen LogP contribution in [0, 0.1) is 0 Å². The van der Waals surface area contributed by atoms with E-state index in [0.717, 1.165) is 5.56 Å². The SMILES string of the molecule is COc1cc(CNc2ncc(Cl)cc2Cl)ccn1. The van der Waals surface area contributed by atoms with Gasteiger partial charge in [0.1, 0.15) is 5.82 Å². The highest BCUT2D eigenvalue weighted by Gasteiger charge is 2.03. The summed E-state index contributed by atoms with van der Waals surface area (Å²) in [5, 5.41) is 4.12. The predicted molar refractivity (Wildman–Crippen MR) is 72.4 cm³/mol. The Hall–Kier alpha value is -1.52. The van der Waals surface area contributed by atoms with Crippen LogP contribution in [0.3, 0.4) is 0 Å². The number of nitrogens with zero attached hydrogens (tertiary/aromatic N) is 2. The van der Waals surface area contributed by atoms with E-state index in [9.17, 15) is 0 Å². The van der Waals surface area contributed by atoms with Crippen LogP contribution in [0.15, 0.2) is 30.6 Å². The second kappa shape index (κ2) is 5.89. The number of rotatable bonds is 4. The fourth-order valence-electron chi connectivity index (χ4n) is 1.40. The molecule has 0 amide bonds. The highest BCUT2D eigenvalue weighted by molar-refractivity contribution is 6.35. The quantitative estimate of drug-likeness (QED) is 0.934. The maximum Gasteiger partial charge on any atom is 0.213 e. The molecule has 6 heteroatoms. The van der Waals surface area contributed by atoms with Gasteiger partial charge in [0.2, 0.25) is 5.88 Å². The Morgan fingerprint density at radius 1 is 1.28 bits per heavy atom. The maximum absolute atomic E-state index is 6.01. The summed E-state index contributed by atoms with van der Waals surface area (Å²) in [7, 11) is 1.58. The van der Waals surface area contributed by atoms with Gasteiger partial charge in [-0.25, -0.2) is 9.97 Å². The van der Waals surface area contributed by atoms with Crippen molar-refractivity contribution in [3.05, 3.63) is 46.2 Å². The number of ether oxygens (including phenoxy) is 1. The molecule has 2 heterocycles. The Morgan fingerprint density at radius 2 is 2.11 bits per heavy atom. The van der Waals surface area contributed by atoms with E-state index in [1.807, 2.05) is 12.1 Å². The van der Waals surface area contributed by atoms with Gasteiger partial charge in [0.05, 0.1) is 17.2 Å². The first-order chi connectivity index (χ1) is 8.69. The van der Waals surface area contributed by atoms with E-state index in [1.54, 1.807) is 25.6 Å². The Bertz CT molecular complexity index is 549. The number of pyridine rings is 2. The number of hydrogen-bond acceptors (Lipinski definition) is 4. The molecule has 0 saturated heterocycles. The Labute approximate surface area is 115 Å². The van der Waals surface area contributed by atoms with Gasteiger partial charge in [-0.15, -0.1) is 0 Å². The summed E-state index contributed by atoms with van der Waals surface area (Å²) in [5.41, 5.74) is 1.02. The van der Waals surface area contributed by atoms with Crippen LogP contribution < -0.4 is 10.1 Å². The summed E-state index contributed by atoms with van der Waals surface area (Å²) in [6.07, 6.45) is 3.23.